The van der Waals surface area contributed by atoms with Crippen LogP contribution in [0.1, 0.15) is 119 Å². The van der Waals surface area contributed by atoms with Crippen molar-refractivity contribution in [1.29, 1.82) is 0 Å². The molecule has 482 valence electrons. The first-order chi connectivity index (χ1) is 44.3. The zero-order valence-electron chi connectivity index (χ0n) is 50.8. The SMILES string of the molecule is C.ClCCl.N[C@H]1CCCC[C@@H]1c1ccccc1.O=C(CN1C(=O)CC(=O)N1[C@H]1C=CC=C[C@@H]1c1ccccc1)c1ccccc1.O=C(CN1C(=O)CC(=O)N1[C@H]1C=CC=C[C@@H]1c1ccccc1)c1ccccc1.O=C1CC(=O)N([C@H]2C=CC=C[C@@H]2c2ccccc2)N1.S. The summed E-state index contributed by atoms with van der Waals surface area (Å²) >= 11 is 9.53. The second-order valence-corrected chi connectivity index (χ2v) is 23.3. The van der Waals surface area contributed by atoms with E-state index in [1.807, 2.05) is 170 Å². The van der Waals surface area contributed by atoms with Crippen LogP contribution in [-0.2, 0) is 28.8 Å². The number of ketones is 2. The number of allylic oxidation sites excluding steroid dienone is 6. The molecule has 3 heterocycles. The quantitative estimate of drug-likeness (QED) is 0.0643. The van der Waals surface area contributed by atoms with Gasteiger partial charge in [0.25, 0.3) is 29.5 Å². The number of carbonyl (C=O) groups excluding carboxylic acids is 8. The predicted molar refractivity (Wildman–Crippen MR) is 371 cm³/mol. The lowest BCUT2D eigenvalue weighted by Gasteiger charge is -2.37. The highest BCUT2D eigenvalue weighted by atomic mass is 35.5. The third-order valence-corrected chi connectivity index (χ3v) is 16.6. The van der Waals surface area contributed by atoms with Gasteiger partial charge in [-0.15, -0.1) is 23.2 Å². The molecule has 0 bridgehead atoms. The van der Waals surface area contributed by atoms with E-state index >= 15 is 0 Å². The number of benzene rings is 6. The minimum atomic E-state index is -0.352. The number of Topliss-reactive ketones (excluding diaryl/α,β-unsaturated/α-hetero) is 2. The highest BCUT2D eigenvalue weighted by Crippen LogP contribution is 2.36. The van der Waals surface area contributed by atoms with Crippen molar-refractivity contribution in [2.24, 2.45) is 5.73 Å². The largest absolute Gasteiger partial charge is 0.327 e. The number of nitrogens with zero attached hydrogens (tertiary/aromatic N) is 5. The van der Waals surface area contributed by atoms with Crippen molar-refractivity contribution >= 4 is 83.7 Å². The first kappa shape index (κ1) is 71.3. The van der Waals surface area contributed by atoms with Gasteiger partial charge in [0.15, 0.2) is 11.6 Å². The fraction of sp³-hybridized carbons (Fsp3) is 0.253. The number of hydrogen-bond acceptors (Lipinski definition) is 9. The van der Waals surface area contributed by atoms with E-state index in [1.165, 1.54) is 56.3 Å². The van der Waals surface area contributed by atoms with Gasteiger partial charge < -0.3 is 5.73 Å². The van der Waals surface area contributed by atoms with Gasteiger partial charge in [0.1, 0.15) is 32.4 Å². The molecule has 18 heteroatoms. The second kappa shape index (κ2) is 35.6. The number of carbonyl (C=O) groups is 8. The number of hydrazine groups is 3. The Morgan fingerprint density at radius 1 is 0.419 bits per heavy atom. The summed E-state index contributed by atoms with van der Waals surface area (Å²) in [6.45, 7) is -0.297. The molecule has 3 aliphatic heterocycles. The van der Waals surface area contributed by atoms with Crippen LogP contribution in [0.2, 0.25) is 0 Å². The van der Waals surface area contributed by atoms with Crippen molar-refractivity contribution in [2.75, 3.05) is 18.4 Å². The van der Waals surface area contributed by atoms with Gasteiger partial charge in [0, 0.05) is 34.9 Å². The Hall–Kier alpha value is -9.19. The zero-order chi connectivity index (χ0) is 64.1. The fourth-order valence-electron chi connectivity index (χ4n) is 12.2. The molecule has 7 aliphatic rings. The zero-order valence-corrected chi connectivity index (χ0v) is 53.3. The van der Waals surface area contributed by atoms with E-state index in [1.54, 1.807) is 48.5 Å². The molecule has 4 fully saturated rings. The normalized spacial score (nSPS) is 22.4. The monoisotopic (exact) mass is 1310 g/mol. The van der Waals surface area contributed by atoms with Crippen LogP contribution in [0.5, 0.6) is 0 Å². The molecular formula is C75H79Cl2N7O8S. The smallest absolute Gasteiger partial charge is 0.251 e. The van der Waals surface area contributed by atoms with Gasteiger partial charge in [-0.2, -0.15) is 13.5 Å². The summed E-state index contributed by atoms with van der Waals surface area (Å²) in [5.74, 6) is -1.55. The van der Waals surface area contributed by atoms with Crippen LogP contribution in [0.3, 0.4) is 0 Å². The van der Waals surface area contributed by atoms with Gasteiger partial charge in [-0.25, -0.2) is 25.0 Å². The summed E-state index contributed by atoms with van der Waals surface area (Å²) in [5, 5.41) is 7.17. The Morgan fingerprint density at radius 3 is 1.10 bits per heavy atom. The van der Waals surface area contributed by atoms with Crippen LogP contribution in [0.25, 0.3) is 0 Å². The summed E-state index contributed by atoms with van der Waals surface area (Å²) in [6, 6.07) is 57.5. The molecule has 6 aromatic rings. The second-order valence-electron chi connectivity index (χ2n) is 22.4. The van der Waals surface area contributed by atoms with Crippen molar-refractivity contribution in [3.63, 3.8) is 0 Å². The van der Waals surface area contributed by atoms with Crippen molar-refractivity contribution in [1.82, 2.24) is 30.5 Å². The van der Waals surface area contributed by atoms with E-state index in [-0.39, 0.29) is 142 Å². The number of halogens is 2. The van der Waals surface area contributed by atoms with E-state index in [2.05, 4.69) is 41.8 Å². The minimum absolute atomic E-state index is 0. The molecule has 3 N–H and O–H groups in total. The molecule has 8 atom stereocenters. The number of nitrogens with one attached hydrogen (secondary N) is 1. The molecule has 0 spiro atoms. The van der Waals surface area contributed by atoms with Gasteiger partial charge in [0.05, 0.1) is 23.5 Å². The van der Waals surface area contributed by atoms with Gasteiger partial charge in [-0.3, -0.25) is 43.8 Å². The number of amides is 6. The lowest BCUT2D eigenvalue weighted by Crippen LogP contribution is -2.50. The summed E-state index contributed by atoms with van der Waals surface area (Å²) < 4.78 is 0. The minimum Gasteiger partial charge on any atom is -0.327 e. The molecule has 0 radical (unpaired) electrons. The Labute approximate surface area is 561 Å². The highest BCUT2D eigenvalue weighted by Gasteiger charge is 2.45. The van der Waals surface area contributed by atoms with Crippen molar-refractivity contribution < 1.29 is 38.4 Å². The molecular weight excluding hydrogens is 1230 g/mol. The molecule has 93 heavy (non-hydrogen) atoms. The topological polar surface area (TPSA) is 191 Å². The molecule has 15 nitrogen and oxygen atoms in total. The van der Waals surface area contributed by atoms with Crippen LogP contribution in [-0.4, -0.2) is 115 Å². The fourth-order valence-corrected chi connectivity index (χ4v) is 12.2. The summed E-state index contributed by atoms with van der Waals surface area (Å²) in [5.41, 5.74) is 14.4. The summed E-state index contributed by atoms with van der Waals surface area (Å²) in [7, 11) is 0. The molecule has 3 saturated heterocycles. The summed E-state index contributed by atoms with van der Waals surface area (Å²) in [6.07, 6.45) is 28.0. The third-order valence-electron chi connectivity index (χ3n) is 16.6. The molecule has 6 amide bonds. The van der Waals surface area contributed by atoms with Crippen LogP contribution in [0.15, 0.2) is 255 Å². The number of nitrogens with two attached hydrogens (primary N) is 1. The number of alkyl halides is 2. The van der Waals surface area contributed by atoms with Crippen LogP contribution in [0.4, 0.5) is 0 Å². The molecule has 0 unspecified atom stereocenters. The maximum Gasteiger partial charge on any atom is 0.251 e. The Morgan fingerprint density at radius 2 is 0.742 bits per heavy atom. The average molecular weight is 1310 g/mol. The number of rotatable bonds is 13. The van der Waals surface area contributed by atoms with E-state index in [9.17, 15) is 38.4 Å². The Bertz CT molecular complexity index is 3510. The molecule has 6 aromatic carbocycles. The van der Waals surface area contributed by atoms with Gasteiger partial charge in [0.2, 0.25) is 5.91 Å². The van der Waals surface area contributed by atoms with Gasteiger partial charge >= 0.3 is 0 Å². The highest BCUT2D eigenvalue weighted by molar-refractivity contribution is 7.59. The van der Waals surface area contributed by atoms with E-state index in [4.69, 9.17) is 28.9 Å². The first-order valence-electron chi connectivity index (χ1n) is 30.5. The Balaban J connectivity index is 0.000000178. The van der Waals surface area contributed by atoms with Gasteiger partial charge in [-0.1, -0.05) is 275 Å². The van der Waals surface area contributed by atoms with Crippen molar-refractivity contribution in [2.45, 2.75) is 100 Å². The predicted octanol–water partition coefficient (Wildman–Crippen LogP) is 12.6. The molecule has 4 aliphatic carbocycles. The summed E-state index contributed by atoms with van der Waals surface area (Å²) in [4.78, 5) is 98.9. The van der Waals surface area contributed by atoms with Crippen LogP contribution in [0, 0.1) is 0 Å². The molecule has 0 aromatic heterocycles. The van der Waals surface area contributed by atoms with Gasteiger partial charge in [-0.05, 0) is 41.0 Å². The van der Waals surface area contributed by atoms with E-state index in [0.29, 0.717) is 23.1 Å². The lowest BCUT2D eigenvalue weighted by molar-refractivity contribution is -0.149. The lowest BCUT2D eigenvalue weighted by atomic mass is 9.80. The number of hydrogen-bond donors (Lipinski definition) is 2. The van der Waals surface area contributed by atoms with E-state index < -0.39 is 0 Å². The maximum atomic E-state index is 12.7. The van der Waals surface area contributed by atoms with Crippen molar-refractivity contribution in [3.8, 4) is 0 Å². The van der Waals surface area contributed by atoms with Crippen LogP contribution < -0.4 is 11.2 Å². The maximum absolute atomic E-state index is 12.7. The molecule has 13 rings (SSSR count). The average Bonchev–Trinajstić information content (AvgIpc) is 1.72. The van der Waals surface area contributed by atoms with Crippen LogP contribution >= 0.6 is 36.7 Å². The first-order valence-corrected chi connectivity index (χ1v) is 31.6. The van der Waals surface area contributed by atoms with E-state index in [0.717, 1.165) is 16.7 Å². The standard InChI is InChI=1S/2C23H20N2O3.C15H14N2O2.C12H17N.CH2Cl2.CH4.H2S/c2*26-21(18-11-5-2-6-12-18)16-24-22(27)15-23(28)25(24)20-14-8-7-13-19(20)17-9-3-1-4-10-17;18-14-10-15(19)17(16-14)13-9-5-4-8-12(13)11-6-2-1-3-7-11;13-12-9-5-4-8-11(12)10-6-2-1-3-7-10;2-1-3;;/h2*1-14,19-20H,15-16H2;1-9,12-13H,10H2,(H,16,18);1-3,6-7,11-12H,4-5,8-9,13H2;1H2;1H4;1H2/t2*19-,20+;12-,13+;11-,12+;;;/m1111.../s1. The Kier molecular flexibility index (Phi) is 27.3. The van der Waals surface area contributed by atoms with Crippen molar-refractivity contribution in [3.05, 3.63) is 288 Å². The molecule has 1 saturated carbocycles. The third kappa shape index (κ3) is 18.5.